The van der Waals surface area contributed by atoms with Crippen LogP contribution < -0.4 is 14.8 Å². The van der Waals surface area contributed by atoms with Crippen LogP contribution in [0.5, 0.6) is 11.5 Å². The Morgan fingerprint density at radius 1 is 1.25 bits per heavy atom. The van der Waals surface area contributed by atoms with E-state index in [1.807, 2.05) is 6.92 Å². The third-order valence-corrected chi connectivity index (χ3v) is 6.26. The molecule has 172 valence electrons. The second-order valence-corrected chi connectivity index (χ2v) is 9.85. The van der Waals surface area contributed by atoms with Gasteiger partial charge in [-0.3, -0.25) is 9.59 Å². The van der Waals surface area contributed by atoms with Gasteiger partial charge in [0.1, 0.15) is 15.7 Å². The number of ether oxygens (including phenoxy) is 2. The predicted molar refractivity (Wildman–Crippen MR) is 122 cm³/mol. The molecule has 1 atom stereocenters. The average molecular weight is 481 g/mol. The van der Waals surface area contributed by atoms with E-state index in [1.54, 1.807) is 36.4 Å². The number of rotatable bonds is 9. The molecule has 1 aliphatic rings. The summed E-state index contributed by atoms with van der Waals surface area (Å²) >= 11 is 5.60. The molecule has 0 spiro atoms. The predicted octanol–water partition coefficient (Wildman–Crippen LogP) is 3.01. The maximum absolute atomic E-state index is 13.3. The van der Waals surface area contributed by atoms with Crippen LogP contribution in [0.2, 0.25) is 0 Å². The van der Waals surface area contributed by atoms with Crippen molar-refractivity contribution < 1.29 is 27.5 Å². The Hall–Kier alpha value is -2.78. The first-order valence-electron chi connectivity index (χ1n) is 9.95. The molecule has 1 heterocycles. The van der Waals surface area contributed by atoms with Crippen molar-refractivity contribution in [3.8, 4) is 11.5 Å². The monoisotopic (exact) mass is 480 g/mol. The highest BCUT2D eigenvalue weighted by atomic mass is 35.5. The van der Waals surface area contributed by atoms with E-state index in [9.17, 15) is 18.0 Å². The fourth-order valence-corrected chi connectivity index (χ4v) is 4.74. The summed E-state index contributed by atoms with van der Waals surface area (Å²) in [6.45, 7) is 2.37. The lowest BCUT2D eigenvalue weighted by atomic mass is 10.1. The molecule has 0 aromatic heterocycles. The lowest BCUT2D eigenvalue weighted by molar-refractivity contribution is -0.113. The van der Waals surface area contributed by atoms with E-state index in [1.165, 1.54) is 12.0 Å². The molecule has 0 saturated carbocycles. The molecule has 1 unspecified atom stereocenters. The molecule has 2 aromatic carbocycles. The summed E-state index contributed by atoms with van der Waals surface area (Å²) in [5, 5.41) is 2.70. The van der Waals surface area contributed by atoms with Crippen LogP contribution in [0.25, 0.3) is 0 Å². The first-order chi connectivity index (χ1) is 15.2. The van der Waals surface area contributed by atoms with Crippen LogP contribution in [0.4, 0.5) is 5.69 Å². The molecule has 0 fully saturated rings. The van der Waals surface area contributed by atoms with Gasteiger partial charge in [-0.15, -0.1) is 11.6 Å². The van der Waals surface area contributed by atoms with Crippen LogP contribution in [0.15, 0.2) is 36.4 Å². The largest absolute Gasteiger partial charge is 0.493 e. The summed E-state index contributed by atoms with van der Waals surface area (Å²) in [5.74, 6) is -0.224. The Balaban J connectivity index is 2.04. The van der Waals surface area contributed by atoms with Crippen molar-refractivity contribution in [3.63, 3.8) is 0 Å². The number of alkyl halides is 1. The fourth-order valence-electron chi connectivity index (χ4n) is 3.73. The summed E-state index contributed by atoms with van der Waals surface area (Å²) < 4.78 is 35.5. The molecule has 1 aliphatic heterocycles. The van der Waals surface area contributed by atoms with Crippen molar-refractivity contribution in [3.05, 3.63) is 53.1 Å². The topological polar surface area (TPSA) is 102 Å². The highest BCUT2D eigenvalue weighted by Crippen LogP contribution is 2.38. The van der Waals surface area contributed by atoms with Gasteiger partial charge in [-0.2, -0.15) is 0 Å². The maximum atomic E-state index is 13.3. The molecule has 3 rings (SSSR count). The zero-order valence-electron chi connectivity index (χ0n) is 18.1. The van der Waals surface area contributed by atoms with Crippen LogP contribution in [-0.2, 0) is 21.2 Å². The maximum Gasteiger partial charge on any atom is 0.255 e. The molecular formula is C22H25ClN2O6S. The van der Waals surface area contributed by atoms with Crippen molar-refractivity contribution >= 4 is 38.9 Å². The van der Waals surface area contributed by atoms with Crippen LogP contribution >= 0.6 is 11.6 Å². The summed E-state index contributed by atoms with van der Waals surface area (Å²) in [5.41, 5.74) is 2.11. The Morgan fingerprint density at radius 3 is 2.62 bits per heavy atom. The molecule has 2 aromatic rings. The standard InChI is InChI=1S/C22H25ClN2O6S/c1-4-31-20-10-14(8-9-19(20)30-2)18(13-32(3,28)29)25-12-16-15(22(25)27)6-5-7-17(16)24-21(26)11-23/h5-10,18H,4,11-13H2,1-3H3,(H,24,26). The molecule has 10 heteroatoms. The van der Waals surface area contributed by atoms with Gasteiger partial charge in [-0.05, 0) is 36.8 Å². The van der Waals surface area contributed by atoms with Crippen LogP contribution in [0, 0.1) is 0 Å². The Bertz CT molecular complexity index is 1140. The molecule has 0 radical (unpaired) electrons. The van der Waals surface area contributed by atoms with Gasteiger partial charge in [0.15, 0.2) is 11.5 Å². The smallest absolute Gasteiger partial charge is 0.255 e. The number of fused-ring (bicyclic) bond motifs is 1. The summed E-state index contributed by atoms with van der Waals surface area (Å²) in [6.07, 6.45) is 1.13. The molecule has 0 bridgehead atoms. The van der Waals surface area contributed by atoms with Crippen molar-refractivity contribution in [1.82, 2.24) is 4.90 Å². The summed E-state index contributed by atoms with van der Waals surface area (Å²) in [6, 6.07) is 9.36. The number of nitrogens with zero attached hydrogens (tertiary/aromatic N) is 1. The van der Waals surface area contributed by atoms with Gasteiger partial charge in [0, 0.05) is 29.6 Å². The zero-order valence-corrected chi connectivity index (χ0v) is 19.6. The van der Waals surface area contributed by atoms with Gasteiger partial charge in [-0.25, -0.2) is 8.42 Å². The van der Waals surface area contributed by atoms with E-state index in [0.29, 0.717) is 40.5 Å². The quantitative estimate of drug-likeness (QED) is 0.553. The van der Waals surface area contributed by atoms with E-state index in [4.69, 9.17) is 21.1 Å². The molecular weight excluding hydrogens is 456 g/mol. The van der Waals surface area contributed by atoms with Crippen molar-refractivity contribution in [2.75, 3.05) is 36.9 Å². The van der Waals surface area contributed by atoms with Gasteiger partial charge in [-0.1, -0.05) is 12.1 Å². The fraction of sp³-hybridized carbons (Fsp3) is 0.364. The number of sulfone groups is 1. The van der Waals surface area contributed by atoms with Crippen molar-refractivity contribution in [1.29, 1.82) is 0 Å². The van der Waals surface area contributed by atoms with Gasteiger partial charge < -0.3 is 19.7 Å². The molecule has 0 saturated heterocycles. The van der Waals surface area contributed by atoms with Gasteiger partial charge in [0.05, 0.1) is 25.5 Å². The normalized spacial score (nSPS) is 14.1. The number of carbonyl (C=O) groups is 2. The third kappa shape index (κ3) is 5.16. The molecule has 8 nitrogen and oxygen atoms in total. The molecule has 1 N–H and O–H groups in total. The average Bonchev–Trinajstić information content (AvgIpc) is 3.09. The number of hydrogen-bond donors (Lipinski definition) is 1. The summed E-state index contributed by atoms with van der Waals surface area (Å²) in [4.78, 5) is 26.6. The molecule has 2 amide bonds. The van der Waals surface area contributed by atoms with Gasteiger partial charge in [0.25, 0.3) is 5.91 Å². The van der Waals surface area contributed by atoms with Crippen molar-refractivity contribution in [2.24, 2.45) is 0 Å². The van der Waals surface area contributed by atoms with Gasteiger partial charge >= 0.3 is 0 Å². The lowest BCUT2D eigenvalue weighted by Crippen LogP contribution is -2.33. The minimum absolute atomic E-state index is 0.142. The van der Waals surface area contributed by atoms with Crippen LogP contribution in [-0.4, -0.2) is 56.7 Å². The number of benzene rings is 2. The van der Waals surface area contributed by atoms with E-state index in [-0.39, 0.29) is 24.1 Å². The second kappa shape index (κ2) is 9.79. The Morgan fingerprint density at radius 2 is 2.00 bits per heavy atom. The minimum Gasteiger partial charge on any atom is -0.493 e. The number of amides is 2. The highest BCUT2D eigenvalue weighted by Gasteiger charge is 2.37. The summed E-state index contributed by atoms with van der Waals surface area (Å²) in [7, 11) is -1.93. The number of carbonyl (C=O) groups excluding carboxylic acids is 2. The lowest BCUT2D eigenvalue weighted by Gasteiger charge is -2.28. The van der Waals surface area contributed by atoms with E-state index in [0.717, 1.165) is 6.26 Å². The van der Waals surface area contributed by atoms with E-state index < -0.39 is 21.8 Å². The highest BCUT2D eigenvalue weighted by molar-refractivity contribution is 7.90. The number of nitrogens with one attached hydrogen (secondary N) is 1. The number of anilines is 1. The molecule has 32 heavy (non-hydrogen) atoms. The van der Waals surface area contributed by atoms with E-state index in [2.05, 4.69) is 5.32 Å². The van der Waals surface area contributed by atoms with Crippen LogP contribution in [0.3, 0.4) is 0 Å². The number of methoxy groups -OCH3 is 1. The second-order valence-electron chi connectivity index (χ2n) is 7.40. The van der Waals surface area contributed by atoms with Gasteiger partial charge in [0.2, 0.25) is 5.91 Å². The minimum atomic E-state index is -3.45. The van der Waals surface area contributed by atoms with Crippen LogP contribution in [0.1, 0.15) is 34.5 Å². The number of halogens is 1. The Kier molecular flexibility index (Phi) is 7.30. The zero-order chi connectivity index (χ0) is 23.5. The SMILES string of the molecule is CCOc1cc(C(CS(C)(=O)=O)N2Cc3c(NC(=O)CCl)cccc3C2=O)ccc1OC. The third-order valence-electron chi connectivity index (χ3n) is 5.10. The molecule has 0 aliphatic carbocycles. The number of hydrogen-bond acceptors (Lipinski definition) is 6. The first-order valence-corrected chi connectivity index (χ1v) is 12.5. The van der Waals surface area contributed by atoms with Crippen molar-refractivity contribution in [2.45, 2.75) is 19.5 Å². The Labute approximate surface area is 192 Å². The first kappa shape index (κ1) is 23.9. The van der Waals surface area contributed by atoms with E-state index >= 15 is 0 Å².